The summed E-state index contributed by atoms with van der Waals surface area (Å²) in [4.78, 5) is 0. The van der Waals surface area contributed by atoms with E-state index in [2.05, 4.69) is 66.0 Å². The molecule has 27 heavy (non-hydrogen) atoms. The van der Waals surface area contributed by atoms with E-state index in [4.69, 9.17) is 16.7 Å². The second-order valence-electron chi connectivity index (χ2n) is 6.82. The van der Waals surface area contributed by atoms with Crippen molar-refractivity contribution in [2.75, 3.05) is 0 Å². The lowest BCUT2D eigenvalue weighted by atomic mass is 10.0. The predicted molar refractivity (Wildman–Crippen MR) is 113 cm³/mol. The van der Waals surface area contributed by atoms with Gasteiger partial charge in [0.05, 0.1) is 16.9 Å². The smallest absolute Gasteiger partial charge is 0.0934 e. The summed E-state index contributed by atoms with van der Waals surface area (Å²) in [6.07, 6.45) is 0. The summed E-state index contributed by atoms with van der Waals surface area (Å²) in [7, 11) is 0. The number of rotatable bonds is 2. The molecule has 0 spiro atoms. The molecule has 0 radical (unpaired) electrons. The van der Waals surface area contributed by atoms with Gasteiger partial charge in [-0.2, -0.15) is 5.10 Å². The molecule has 3 heteroatoms. The standard InChI is InChI=1S/C24H17ClN2/c1-16-7-8-19-14-23(18-5-3-2-4-6-18)27-24(21(19)13-16)15-22(26-27)17-9-11-20(25)12-10-17/h2-15H,1H3. The van der Waals surface area contributed by atoms with E-state index in [1.54, 1.807) is 0 Å². The monoisotopic (exact) mass is 368 g/mol. The SMILES string of the molecule is Cc1ccc2cc(-c3ccccc3)n3nc(-c4ccc(Cl)cc4)cc3c2c1. The molecule has 0 aliphatic carbocycles. The van der Waals surface area contributed by atoms with Crippen molar-refractivity contribution < 1.29 is 0 Å². The minimum absolute atomic E-state index is 0.730. The number of benzene rings is 3. The fourth-order valence-corrected chi connectivity index (χ4v) is 3.69. The quantitative estimate of drug-likeness (QED) is 0.335. The zero-order chi connectivity index (χ0) is 18.4. The van der Waals surface area contributed by atoms with Gasteiger partial charge >= 0.3 is 0 Å². The normalized spacial score (nSPS) is 11.3. The maximum atomic E-state index is 6.05. The molecule has 0 N–H and O–H groups in total. The molecule has 2 heterocycles. The van der Waals surface area contributed by atoms with Gasteiger partial charge in [0, 0.05) is 21.5 Å². The summed E-state index contributed by atoms with van der Waals surface area (Å²) >= 11 is 6.05. The molecule has 5 aromatic rings. The Labute approximate surface area is 162 Å². The molecule has 0 unspecified atom stereocenters. The number of hydrogen-bond donors (Lipinski definition) is 0. The molecular formula is C24H17ClN2. The summed E-state index contributed by atoms with van der Waals surface area (Å²) in [5, 5.41) is 8.10. The maximum absolute atomic E-state index is 6.05. The average Bonchev–Trinajstić information content (AvgIpc) is 3.14. The summed E-state index contributed by atoms with van der Waals surface area (Å²) in [6, 6.07) is 29.2. The maximum Gasteiger partial charge on any atom is 0.0934 e. The molecule has 0 saturated carbocycles. The molecule has 0 amide bonds. The Morgan fingerprint density at radius 1 is 0.778 bits per heavy atom. The van der Waals surface area contributed by atoms with Crippen LogP contribution in [-0.2, 0) is 0 Å². The van der Waals surface area contributed by atoms with Crippen LogP contribution in [0.4, 0.5) is 0 Å². The lowest BCUT2D eigenvalue weighted by molar-refractivity contribution is 0.979. The van der Waals surface area contributed by atoms with Crippen LogP contribution in [0, 0.1) is 6.92 Å². The van der Waals surface area contributed by atoms with Crippen molar-refractivity contribution in [3.8, 4) is 22.5 Å². The fourth-order valence-electron chi connectivity index (χ4n) is 3.56. The van der Waals surface area contributed by atoms with Gasteiger partial charge < -0.3 is 0 Å². The Bertz CT molecular complexity index is 1270. The highest BCUT2D eigenvalue weighted by Crippen LogP contribution is 2.32. The number of aromatic nitrogens is 2. The van der Waals surface area contributed by atoms with E-state index in [0.29, 0.717) is 0 Å². The van der Waals surface area contributed by atoms with Crippen LogP contribution in [0.25, 0.3) is 38.8 Å². The Morgan fingerprint density at radius 2 is 1.56 bits per heavy atom. The van der Waals surface area contributed by atoms with Crippen molar-refractivity contribution in [3.05, 3.63) is 95.5 Å². The molecule has 5 rings (SSSR count). The zero-order valence-corrected chi connectivity index (χ0v) is 15.6. The van der Waals surface area contributed by atoms with Gasteiger partial charge in [0.15, 0.2) is 0 Å². The number of nitrogens with zero attached hydrogens (tertiary/aromatic N) is 2. The first kappa shape index (κ1) is 16.1. The average molecular weight is 369 g/mol. The Kier molecular flexibility index (Phi) is 3.73. The third-order valence-electron chi connectivity index (χ3n) is 4.92. The second kappa shape index (κ2) is 6.26. The van der Waals surface area contributed by atoms with Gasteiger partial charge in [0.25, 0.3) is 0 Å². The summed E-state index contributed by atoms with van der Waals surface area (Å²) < 4.78 is 2.06. The van der Waals surface area contributed by atoms with Crippen molar-refractivity contribution in [2.45, 2.75) is 6.92 Å². The van der Waals surface area contributed by atoms with Gasteiger partial charge in [0.2, 0.25) is 0 Å². The summed E-state index contributed by atoms with van der Waals surface area (Å²) in [5.74, 6) is 0. The minimum Gasteiger partial charge on any atom is -0.232 e. The molecular weight excluding hydrogens is 352 g/mol. The molecule has 2 aromatic heterocycles. The number of pyridine rings is 1. The van der Waals surface area contributed by atoms with Gasteiger partial charge in [-0.05, 0) is 42.6 Å². The summed E-state index contributed by atoms with van der Waals surface area (Å²) in [5.41, 5.74) is 6.59. The van der Waals surface area contributed by atoms with Crippen molar-refractivity contribution in [3.63, 3.8) is 0 Å². The predicted octanol–water partition coefficient (Wildman–Crippen LogP) is 6.78. The van der Waals surface area contributed by atoms with Gasteiger partial charge in [-0.15, -0.1) is 0 Å². The van der Waals surface area contributed by atoms with E-state index in [9.17, 15) is 0 Å². The molecule has 2 nitrogen and oxygen atoms in total. The first-order valence-electron chi connectivity index (χ1n) is 8.93. The van der Waals surface area contributed by atoms with Gasteiger partial charge in [-0.1, -0.05) is 71.8 Å². The molecule has 0 atom stereocenters. The van der Waals surface area contributed by atoms with Crippen LogP contribution in [0.1, 0.15) is 5.56 Å². The van der Waals surface area contributed by atoms with E-state index >= 15 is 0 Å². The highest BCUT2D eigenvalue weighted by atomic mass is 35.5. The topological polar surface area (TPSA) is 17.3 Å². The lowest BCUT2D eigenvalue weighted by Crippen LogP contribution is -1.95. The van der Waals surface area contributed by atoms with Crippen molar-refractivity contribution in [1.29, 1.82) is 0 Å². The van der Waals surface area contributed by atoms with E-state index in [1.807, 2.05) is 30.3 Å². The van der Waals surface area contributed by atoms with Crippen LogP contribution in [0.3, 0.4) is 0 Å². The van der Waals surface area contributed by atoms with Crippen LogP contribution in [0.2, 0.25) is 5.02 Å². The molecule has 0 saturated heterocycles. The van der Waals surface area contributed by atoms with Crippen LogP contribution >= 0.6 is 11.6 Å². The molecule has 0 aliphatic heterocycles. The number of halogens is 1. The van der Waals surface area contributed by atoms with Crippen molar-refractivity contribution >= 4 is 27.9 Å². The summed E-state index contributed by atoms with van der Waals surface area (Å²) in [6.45, 7) is 2.12. The van der Waals surface area contributed by atoms with Gasteiger partial charge in [0.1, 0.15) is 0 Å². The number of aryl methyl sites for hydroxylation is 1. The Hall–Kier alpha value is -3.10. The Morgan fingerprint density at radius 3 is 2.33 bits per heavy atom. The number of fused-ring (bicyclic) bond motifs is 3. The van der Waals surface area contributed by atoms with Crippen LogP contribution in [0.5, 0.6) is 0 Å². The first-order chi connectivity index (χ1) is 13.2. The van der Waals surface area contributed by atoms with E-state index in [-0.39, 0.29) is 0 Å². The highest BCUT2D eigenvalue weighted by molar-refractivity contribution is 6.30. The van der Waals surface area contributed by atoms with Crippen LogP contribution < -0.4 is 0 Å². The molecule has 0 aliphatic rings. The zero-order valence-electron chi connectivity index (χ0n) is 14.9. The molecule has 0 bridgehead atoms. The number of hydrogen-bond acceptors (Lipinski definition) is 1. The third-order valence-corrected chi connectivity index (χ3v) is 5.18. The van der Waals surface area contributed by atoms with Crippen LogP contribution in [0.15, 0.2) is 84.9 Å². The fraction of sp³-hybridized carbons (Fsp3) is 0.0417. The largest absolute Gasteiger partial charge is 0.232 e. The molecule has 130 valence electrons. The minimum atomic E-state index is 0.730. The van der Waals surface area contributed by atoms with Crippen LogP contribution in [-0.4, -0.2) is 9.61 Å². The van der Waals surface area contributed by atoms with E-state index < -0.39 is 0 Å². The lowest BCUT2D eigenvalue weighted by Gasteiger charge is -2.09. The molecule has 3 aromatic carbocycles. The third kappa shape index (κ3) is 2.79. The van der Waals surface area contributed by atoms with E-state index in [1.165, 1.54) is 16.3 Å². The second-order valence-corrected chi connectivity index (χ2v) is 7.26. The van der Waals surface area contributed by atoms with Gasteiger partial charge in [-0.25, -0.2) is 4.52 Å². The first-order valence-corrected chi connectivity index (χ1v) is 9.31. The molecule has 0 fully saturated rings. The van der Waals surface area contributed by atoms with Crippen molar-refractivity contribution in [1.82, 2.24) is 9.61 Å². The van der Waals surface area contributed by atoms with Crippen molar-refractivity contribution in [2.24, 2.45) is 0 Å². The van der Waals surface area contributed by atoms with Gasteiger partial charge in [-0.3, -0.25) is 0 Å². The van der Waals surface area contributed by atoms with E-state index in [0.717, 1.165) is 33.1 Å². The Balaban J connectivity index is 1.86. The highest BCUT2D eigenvalue weighted by Gasteiger charge is 2.13.